The second-order valence-corrected chi connectivity index (χ2v) is 3.80. The Kier molecular flexibility index (Phi) is 5.54. The van der Waals surface area contributed by atoms with Gasteiger partial charge in [0.15, 0.2) is 5.43 Å². The molecule has 0 aromatic carbocycles. The van der Waals surface area contributed by atoms with Crippen molar-refractivity contribution in [1.82, 2.24) is 4.57 Å². The summed E-state index contributed by atoms with van der Waals surface area (Å²) in [7, 11) is 1.59. The predicted octanol–water partition coefficient (Wildman–Crippen LogP) is 0.518. The van der Waals surface area contributed by atoms with E-state index in [1.807, 2.05) is 0 Å². The number of aromatic carboxylic acids is 1. The molecule has 6 heteroatoms. The van der Waals surface area contributed by atoms with Gasteiger partial charge in [0.05, 0.1) is 19.8 Å². The van der Waals surface area contributed by atoms with E-state index in [0.29, 0.717) is 32.1 Å². The maximum atomic E-state index is 11.4. The number of aryl methyl sites for hydroxylation is 1. The van der Waals surface area contributed by atoms with Crippen molar-refractivity contribution in [3.8, 4) is 0 Å². The number of nitrogens with zero attached hydrogens (tertiary/aromatic N) is 1. The van der Waals surface area contributed by atoms with Gasteiger partial charge in [0.1, 0.15) is 5.56 Å². The quantitative estimate of drug-likeness (QED) is 0.719. The fraction of sp³-hybridized carbons (Fsp3) is 0.500. The van der Waals surface area contributed by atoms with Gasteiger partial charge >= 0.3 is 5.97 Å². The molecule has 6 nitrogen and oxygen atoms in total. The van der Waals surface area contributed by atoms with Gasteiger partial charge in [0.25, 0.3) is 0 Å². The highest BCUT2D eigenvalue weighted by Gasteiger charge is 2.10. The van der Waals surface area contributed by atoms with Gasteiger partial charge in [0, 0.05) is 31.6 Å². The van der Waals surface area contributed by atoms with E-state index in [-0.39, 0.29) is 5.56 Å². The summed E-state index contributed by atoms with van der Waals surface area (Å²) >= 11 is 0. The zero-order valence-electron chi connectivity index (χ0n) is 10.5. The molecule has 1 N–H and O–H groups in total. The third kappa shape index (κ3) is 3.97. The molecule has 18 heavy (non-hydrogen) atoms. The summed E-state index contributed by atoms with van der Waals surface area (Å²) in [5, 5.41) is 8.86. The number of aromatic nitrogens is 1. The number of carboxylic acid groups (broad SMARTS) is 1. The SMILES string of the molecule is COCCOCCn1cc(C(=O)O)c(=O)cc1C. The lowest BCUT2D eigenvalue weighted by Crippen LogP contribution is -2.20. The molecule has 0 aliphatic rings. The Balaban J connectivity index is 2.68. The van der Waals surface area contributed by atoms with Gasteiger partial charge in [-0.05, 0) is 6.92 Å². The standard InChI is InChI=1S/C12H17NO5/c1-9-7-11(14)10(12(15)16)8-13(9)3-4-18-6-5-17-2/h7-8H,3-6H2,1-2H3,(H,15,16). The van der Waals surface area contributed by atoms with Crippen LogP contribution in [0.3, 0.4) is 0 Å². The molecular formula is C12H17NO5. The van der Waals surface area contributed by atoms with Gasteiger partial charge in [-0.1, -0.05) is 0 Å². The van der Waals surface area contributed by atoms with Crippen molar-refractivity contribution in [2.75, 3.05) is 26.9 Å². The van der Waals surface area contributed by atoms with E-state index in [9.17, 15) is 9.59 Å². The average molecular weight is 255 g/mol. The highest BCUT2D eigenvalue weighted by atomic mass is 16.5. The first kappa shape index (κ1) is 14.4. The second kappa shape index (κ2) is 6.93. The van der Waals surface area contributed by atoms with E-state index < -0.39 is 11.4 Å². The minimum atomic E-state index is -1.21. The Morgan fingerprint density at radius 3 is 2.72 bits per heavy atom. The third-order valence-electron chi connectivity index (χ3n) is 2.48. The van der Waals surface area contributed by atoms with Crippen LogP contribution in [0.15, 0.2) is 17.1 Å². The Labute approximate surface area is 105 Å². The summed E-state index contributed by atoms with van der Waals surface area (Å²) in [5.41, 5.74) is 0.00869. The van der Waals surface area contributed by atoms with Crippen molar-refractivity contribution >= 4 is 5.97 Å². The first-order valence-electron chi connectivity index (χ1n) is 5.57. The first-order chi connectivity index (χ1) is 8.56. The number of pyridine rings is 1. The van der Waals surface area contributed by atoms with Gasteiger partial charge in [-0.25, -0.2) is 4.79 Å². The monoisotopic (exact) mass is 255 g/mol. The molecule has 0 amide bonds. The van der Waals surface area contributed by atoms with Crippen LogP contribution in [0.5, 0.6) is 0 Å². The summed E-state index contributed by atoms with van der Waals surface area (Å²) in [6.45, 7) is 3.69. The second-order valence-electron chi connectivity index (χ2n) is 3.80. The van der Waals surface area contributed by atoms with Gasteiger partial charge in [-0.15, -0.1) is 0 Å². The van der Waals surface area contributed by atoms with E-state index >= 15 is 0 Å². The maximum Gasteiger partial charge on any atom is 0.341 e. The minimum absolute atomic E-state index is 0.225. The largest absolute Gasteiger partial charge is 0.477 e. The molecule has 0 spiro atoms. The van der Waals surface area contributed by atoms with Crippen molar-refractivity contribution in [3.63, 3.8) is 0 Å². The molecular weight excluding hydrogens is 238 g/mol. The highest BCUT2D eigenvalue weighted by molar-refractivity contribution is 5.87. The molecule has 0 saturated heterocycles. The summed E-state index contributed by atoms with van der Waals surface area (Å²) in [5.74, 6) is -1.21. The molecule has 0 unspecified atom stereocenters. The fourth-order valence-corrected chi connectivity index (χ4v) is 1.48. The number of methoxy groups -OCH3 is 1. The highest BCUT2D eigenvalue weighted by Crippen LogP contribution is 2.00. The topological polar surface area (TPSA) is 77.8 Å². The lowest BCUT2D eigenvalue weighted by atomic mass is 10.2. The van der Waals surface area contributed by atoms with E-state index in [4.69, 9.17) is 14.6 Å². The van der Waals surface area contributed by atoms with Crippen molar-refractivity contribution < 1.29 is 19.4 Å². The van der Waals surface area contributed by atoms with Crippen LogP contribution < -0.4 is 5.43 Å². The van der Waals surface area contributed by atoms with Gasteiger partial charge in [0.2, 0.25) is 0 Å². The van der Waals surface area contributed by atoms with E-state index in [2.05, 4.69) is 0 Å². The Hall–Kier alpha value is -1.66. The van der Waals surface area contributed by atoms with Gasteiger partial charge < -0.3 is 19.1 Å². The molecule has 1 rings (SSSR count). The van der Waals surface area contributed by atoms with Gasteiger partial charge in [-0.2, -0.15) is 0 Å². The van der Waals surface area contributed by atoms with Crippen molar-refractivity contribution in [3.05, 3.63) is 33.7 Å². The molecule has 0 aliphatic carbocycles. The van der Waals surface area contributed by atoms with E-state index in [0.717, 1.165) is 0 Å². The van der Waals surface area contributed by atoms with Crippen LogP contribution in [0.1, 0.15) is 16.1 Å². The summed E-state index contributed by atoms with van der Waals surface area (Å²) in [6.07, 6.45) is 1.35. The predicted molar refractivity (Wildman–Crippen MR) is 65.1 cm³/mol. The van der Waals surface area contributed by atoms with Crippen LogP contribution in [0.25, 0.3) is 0 Å². The average Bonchev–Trinajstić information content (AvgIpc) is 2.30. The minimum Gasteiger partial charge on any atom is -0.477 e. The van der Waals surface area contributed by atoms with Crippen LogP contribution in [0.2, 0.25) is 0 Å². The molecule has 1 heterocycles. The van der Waals surface area contributed by atoms with Crippen molar-refractivity contribution in [2.45, 2.75) is 13.5 Å². The molecule has 0 saturated carbocycles. The normalized spacial score (nSPS) is 10.6. The summed E-state index contributed by atoms with van der Waals surface area (Å²) in [4.78, 5) is 22.2. The number of rotatable bonds is 7. The molecule has 0 atom stereocenters. The van der Waals surface area contributed by atoms with Crippen LogP contribution in [0, 0.1) is 6.92 Å². The molecule has 1 aromatic rings. The Morgan fingerprint density at radius 1 is 1.39 bits per heavy atom. The number of hydrogen-bond donors (Lipinski definition) is 1. The number of ether oxygens (including phenoxy) is 2. The molecule has 0 bridgehead atoms. The molecule has 0 aliphatic heterocycles. The van der Waals surface area contributed by atoms with Gasteiger partial charge in [-0.3, -0.25) is 4.79 Å². The lowest BCUT2D eigenvalue weighted by molar-refractivity contribution is 0.0657. The number of carbonyl (C=O) groups is 1. The lowest BCUT2D eigenvalue weighted by Gasteiger charge is -2.11. The molecule has 100 valence electrons. The van der Waals surface area contributed by atoms with Crippen LogP contribution >= 0.6 is 0 Å². The Bertz CT molecular complexity index is 466. The zero-order chi connectivity index (χ0) is 13.5. The van der Waals surface area contributed by atoms with Crippen molar-refractivity contribution in [1.29, 1.82) is 0 Å². The first-order valence-corrected chi connectivity index (χ1v) is 5.57. The van der Waals surface area contributed by atoms with Crippen molar-refractivity contribution in [2.24, 2.45) is 0 Å². The van der Waals surface area contributed by atoms with E-state index in [1.54, 1.807) is 18.6 Å². The van der Waals surface area contributed by atoms with Crippen LogP contribution in [-0.2, 0) is 16.0 Å². The summed E-state index contributed by atoms with van der Waals surface area (Å²) < 4.78 is 11.8. The smallest absolute Gasteiger partial charge is 0.341 e. The molecule has 0 radical (unpaired) electrons. The molecule has 0 fully saturated rings. The zero-order valence-corrected chi connectivity index (χ0v) is 10.5. The summed E-state index contributed by atoms with van der Waals surface area (Å²) in [6, 6.07) is 1.32. The number of hydrogen-bond acceptors (Lipinski definition) is 4. The van der Waals surface area contributed by atoms with Crippen LogP contribution in [0.4, 0.5) is 0 Å². The third-order valence-corrected chi connectivity index (χ3v) is 2.48. The maximum absolute atomic E-state index is 11.4. The Morgan fingerprint density at radius 2 is 2.11 bits per heavy atom. The number of carboxylic acids is 1. The molecule has 1 aromatic heterocycles. The fourth-order valence-electron chi connectivity index (χ4n) is 1.48. The van der Waals surface area contributed by atoms with E-state index in [1.165, 1.54) is 12.3 Å². The van der Waals surface area contributed by atoms with Crippen LogP contribution in [-0.4, -0.2) is 42.6 Å².